The molecule has 0 bridgehead atoms. The molecule has 1 aliphatic rings. The van der Waals surface area contributed by atoms with E-state index in [1.165, 1.54) is 0 Å². The van der Waals surface area contributed by atoms with E-state index in [9.17, 15) is 4.79 Å². The Balaban J connectivity index is 2.14. The van der Waals surface area contributed by atoms with Crippen LogP contribution in [0.2, 0.25) is 5.02 Å². The summed E-state index contributed by atoms with van der Waals surface area (Å²) in [5.41, 5.74) is 2.88. The first kappa shape index (κ1) is 12.7. The van der Waals surface area contributed by atoms with Gasteiger partial charge in [-0.3, -0.25) is 9.69 Å². The van der Waals surface area contributed by atoms with Crippen LogP contribution in [0.25, 0.3) is 5.70 Å². The van der Waals surface area contributed by atoms with Crippen LogP contribution in [-0.2, 0) is 0 Å². The van der Waals surface area contributed by atoms with Crippen molar-refractivity contribution in [2.24, 2.45) is 0 Å². The molecule has 0 unspecified atom stereocenters. The standard InChI is InChI=1S/C15H9ClINO/c1-9-11-4-2-3-5-12(11)15(19)18(9)14-7-6-10(17)8-13(14)16/h2-8H,1H2. The minimum absolute atomic E-state index is 0.0799. The topological polar surface area (TPSA) is 20.3 Å². The fourth-order valence-corrected chi connectivity index (χ4v) is 3.14. The van der Waals surface area contributed by atoms with Crippen LogP contribution in [0.5, 0.6) is 0 Å². The number of halogens is 2. The van der Waals surface area contributed by atoms with Crippen LogP contribution in [-0.4, -0.2) is 5.91 Å². The highest BCUT2D eigenvalue weighted by Crippen LogP contribution is 2.39. The molecule has 0 aliphatic carbocycles. The molecule has 0 saturated carbocycles. The van der Waals surface area contributed by atoms with Crippen LogP contribution >= 0.6 is 34.2 Å². The van der Waals surface area contributed by atoms with E-state index in [1.807, 2.05) is 42.5 Å². The minimum atomic E-state index is -0.0799. The number of hydrogen-bond acceptors (Lipinski definition) is 1. The molecule has 0 atom stereocenters. The Morgan fingerprint density at radius 3 is 2.42 bits per heavy atom. The van der Waals surface area contributed by atoms with E-state index in [0.717, 1.165) is 9.13 Å². The summed E-state index contributed by atoms with van der Waals surface area (Å²) >= 11 is 8.43. The molecule has 4 heteroatoms. The van der Waals surface area contributed by atoms with E-state index in [1.54, 1.807) is 4.90 Å². The van der Waals surface area contributed by atoms with Gasteiger partial charge < -0.3 is 0 Å². The molecular weight excluding hydrogens is 373 g/mol. The summed E-state index contributed by atoms with van der Waals surface area (Å²) in [4.78, 5) is 14.0. The molecule has 0 N–H and O–H groups in total. The van der Waals surface area contributed by atoms with E-state index in [-0.39, 0.29) is 5.91 Å². The van der Waals surface area contributed by atoms with Crippen LogP contribution in [0.1, 0.15) is 15.9 Å². The molecule has 1 aliphatic heterocycles. The van der Waals surface area contributed by atoms with Gasteiger partial charge in [0, 0.05) is 14.7 Å². The highest BCUT2D eigenvalue weighted by Gasteiger charge is 2.32. The third-order valence-electron chi connectivity index (χ3n) is 3.09. The van der Waals surface area contributed by atoms with E-state index in [4.69, 9.17) is 11.6 Å². The molecule has 0 aromatic heterocycles. The number of hydrogen-bond donors (Lipinski definition) is 0. The van der Waals surface area contributed by atoms with Gasteiger partial charge in [0.15, 0.2) is 0 Å². The molecular formula is C15H9ClINO. The lowest BCUT2D eigenvalue weighted by molar-refractivity contribution is 0.101. The molecule has 2 aromatic carbocycles. The number of benzene rings is 2. The van der Waals surface area contributed by atoms with Crippen molar-refractivity contribution in [3.05, 3.63) is 68.8 Å². The molecule has 3 rings (SSSR count). The fraction of sp³-hybridized carbons (Fsp3) is 0. The average molecular weight is 382 g/mol. The van der Waals surface area contributed by atoms with Crippen LogP contribution in [0.4, 0.5) is 5.69 Å². The molecule has 1 amide bonds. The lowest BCUT2D eigenvalue weighted by atomic mass is 10.1. The zero-order valence-electron chi connectivity index (χ0n) is 9.86. The van der Waals surface area contributed by atoms with Crippen molar-refractivity contribution >= 4 is 51.5 Å². The Bertz CT molecular complexity index is 676. The normalized spacial score (nSPS) is 13.9. The SMILES string of the molecule is C=C1c2ccccc2C(=O)N1c1ccc(I)cc1Cl. The van der Waals surface area contributed by atoms with E-state index in [0.29, 0.717) is 22.0 Å². The minimum Gasteiger partial charge on any atom is -0.275 e. The van der Waals surface area contributed by atoms with Crippen molar-refractivity contribution in [1.82, 2.24) is 0 Å². The lowest BCUT2D eigenvalue weighted by Gasteiger charge is -2.19. The van der Waals surface area contributed by atoms with Crippen LogP contribution < -0.4 is 4.90 Å². The third-order valence-corrected chi connectivity index (χ3v) is 4.07. The molecule has 19 heavy (non-hydrogen) atoms. The summed E-state index contributed by atoms with van der Waals surface area (Å²) < 4.78 is 1.03. The molecule has 1 heterocycles. The number of nitrogens with zero attached hydrogens (tertiary/aromatic N) is 1. The molecule has 94 valence electrons. The maximum Gasteiger partial charge on any atom is 0.263 e. The molecule has 2 aromatic rings. The first-order chi connectivity index (χ1) is 9.09. The first-order valence-corrected chi connectivity index (χ1v) is 7.13. The zero-order chi connectivity index (χ0) is 13.6. The average Bonchev–Trinajstić information content (AvgIpc) is 2.64. The smallest absolute Gasteiger partial charge is 0.263 e. The number of fused-ring (bicyclic) bond motifs is 1. The van der Waals surface area contributed by atoms with Gasteiger partial charge in [-0.25, -0.2) is 0 Å². The summed E-state index contributed by atoms with van der Waals surface area (Å²) in [5, 5.41) is 0.550. The van der Waals surface area contributed by atoms with Gasteiger partial charge in [-0.05, 0) is 46.9 Å². The van der Waals surface area contributed by atoms with Gasteiger partial charge in [-0.2, -0.15) is 0 Å². The van der Waals surface area contributed by atoms with Crippen LogP contribution in [0.3, 0.4) is 0 Å². The van der Waals surface area contributed by atoms with Crippen molar-refractivity contribution in [2.45, 2.75) is 0 Å². The van der Waals surface area contributed by atoms with Crippen LogP contribution in [0.15, 0.2) is 49.0 Å². The third kappa shape index (κ3) is 1.97. The van der Waals surface area contributed by atoms with Crippen molar-refractivity contribution in [3.63, 3.8) is 0 Å². The van der Waals surface area contributed by atoms with E-state index in [2.05, 4.69) is 29.2 Å². The van der Waals surface area contributed by atoms with E-state index < -0.39 is 0 Å². The van der Waals surface area contributed by atoms with Gasteiger partial charge in [0.05, 0.1) is 16.4 Å². The number of carbonyl (C=O) groups is 1. The highest BCUT2D eigenvalue weighted by atomic mass is 127. The van der Waals surface area contributed by atoms with Gasteiger partial charge in [-0.1, -0.05) is 36.4 Å². The largest absolute Gasteiger partial charge is 0.275 e. The first-order valence-electron chi connectivity index (χ1n) is 5.67. The predicted octanol–water partition coefficient (Wildman–Crippen LogP) is 4.58. The Morgan fingerprint density at radius 1 is 1.11 bits per heavy atom. The van der Waals surface area contributed by atoms with E-state index >= 15 is 0 Å². The second-order valence-electron chi connectivity index (χ2n) is 4.23. The maximum absolute atomic E-state index is 12.4. The molecule has 0 saturated heterocycles. The van der Waals surface area contributed by atoms with Crippen molar-refractivity contribution in [1.29, 1.82) is 0 Å². The van der Waals surface area contributed by atoms with Gasteiger partial charge in [0.25, 0.3) is 5.91 Å². The summed E-state index contributed by atoms with van der Waals surface area (Å²) in [7, 11) is 0. The number of anilines is 1. The summed E-state index contributed by atoms with van der Waals surface area (Å²) in [6.45, 7) is 4.01. The van der Waals surface area contributed by atoms with Crippen LogP contribution in [0, 0.1) is 3.57 Å². The molecule has 0 fully saturated rings. The van der Waals surface area contributed by atoms with Crippen molar-refractivity contribution in [3.8, 4) is 0 Å². The van der Waals surface area contributed by atoms with Gasteiger partial charge in [-0.15, -0.1) is 0 Å². The van der Waals surface area contributed by atoms with Gasteiger partial charge in [0.1, 0.15) is 0 Å². The second-order valence-corrected chi connectivity index (χ2v) is 5.88. The fourth-order valence-electron chi connectivity index (χ4n) is 2.20. The molecule has 0 radical (unpaired) electrons. The number of carbonyl (C=O) groups excluding carboxylic acids is 1. The Labute approximate surface area is 129 Å². The second kappa shape index (κ2) is 4.65. The maximum atomic E-state index is 12.4. The summed E-state index contributed by atoms with van der Waals surface area (Å²) in [6, 6.07) is 13.1. The Kier molecular flexibility index (Phi) is 3.11. The lowest BCUT2D eigenvalue weighted by Crippen LogP contribution is -2.22. The number of rotatable bonds is 1. The summed E-state index contributed by atoms with van der Waals surface area (Å²) in [5.74, 6) is -0.0799. The molecule has 2 nitrogen and oxygen atoms in total. The number of amides is 1. The predicted molar refractivity (Wildman–Crippen MR) is 86.5 cm³/mol. The van der Waals surface area contributed by atoms with Crippen molar-refractivity contribution in [2.75, 3.05) is 4.90 Å². The molecule has 0 spiro atoms. The highest BCUT2D eigenvalue weighted by molar-refractivity contribution is 14.1. The zero-order valence-corrected chi connectivity index (χ0v) is 12.8. The van der Waals surface area contributed by atoms with Crippen molar-refractivity contribution < 1.29 is 4.79 Å². The summed E-state index contributed by atoms with van der Waals surface area (Å²) in [6.07, 6.45) is 0. The van der Waals surface area contributed by atoms with Gasteiger partial charge >= 0.3 is 0 Å². The quantitative estimate of drug-likeness (QED) is 0.662. The Hall–Kier alpha value is -1.33. The van der Waals surface area contributed by atoms with Gasteiger partial charge in [0.2, 0.25) is 0 Å². The monoisotopic (exact) mass is 381 g/mol. The Morgan fingerprint density at radius 2 is 1.79 bits per heavy atom.